The van der Waals surface area contributed by atoms with Crippen molar-refractivity contribution in [2.75, 3.05) is 7.11 Å². The Hall–Kier alpha value is -1.29. The molecule has 1 aromatic rings. The topological polar surface area (TPSA) is 46.5 Å². The molecule has 0 radical (unpaired) electrons. The Balaban J connectivity index is 3.31. The quantitative estimate of drug-likeness (QED) is 0.904. The van der Waals surface area contributed by atoms with Crippen LogP contribution in [0.15, 0.2) is 12.1 Å². The highest BCUT2D eigenvalue weighted by Crippen LogP contribution is 2.38. The summed E-state index contributed by atoms with van der Waals surface area (Å²) in [6, 6.07) is 2.99. The minimum atomic E-state index is -0.951. The Morgan fingerprint density at radius 3 is 2.59 bits per heavy atom. The lowest BCUT2D eigenvalue weighted by Crippen LogP contribution is -2.22. The van der Waals surface area contributed by atoms with Crippen LogP contribution >= 0.6 is 11.6 Å². The van der Waals surface area contributed by atoms with Crippen molar-refractivity contribution in [1.82, 2.24) is 0 Å². The zero-order valence-corrected chi connectivity index (χ0v) is 10.6. The zero-order chi connectivity index (χ0) is 13.2. The molecule has 0 bridgehead atoms. The predicted molar refractivity (Wildman–Crippen MR) is 63.2 cm³/mol. The number of hydrogen-bond donors (Lipinski definition) is 1. The number of aliphatic carboxylic acids is 1. The van der Waals surface area contributed by atoms with Gasteiger partial charge in [-0.2, -0.15) is 0 Å². The molecule has 0 aliphatic carbocycles. The number of ether oxygens (including phenoxy) is 1. The zero-order valence-electron chi connectivity index (χ0n) is 9.88. The Bertz CT molecular complexity index is 444. The molecule has 5 heteroatoms. The van der Waals surface area contributed by atoms with Crippen molar-refractivity contribution >= 4 is 17.6 Å². The molecule has 94 valence electrons. The van der Waals surface area contributed by atoms with E-state index in [0.29, 0.717) is 5.56 Å². The highest BCUT2D eigenvalue weighted by molar-refractivity contribution is 6.30. The monoisotopic (exact) mass is 260 g/mol. The number of benzene rings is 1. The van der Waals surface area contributed by atoms with Gasteiger partial charge in [-0.3, -0.25) is 4.79 Å². The van der Waals surface area contributed by atoms with E-state index in [1.165, 1.54) is 13.2 Å². The van der Waals surface area contributed by atoms with E-state index >= 15 is 0 Å². The summed E-state index contributed by atoms with van der Waals surface area (Å²) < 4.78 is 18.7. The van der Waals surface area contributed by atoms with E-state index in [2.05, 4.69) is 0 Å². The molecule has 0 aromatic heterocycles. The molecule has 0 atom stereocenters. The third-order valence-corrected chi connectivity index (χ3v) is 2.87. The smallest absolute Gasteiger partial charge is 0.304 e. The normalized spacial score (nSPS) is 11.4. The van der Waals surface area contributed by atoms with Crippen LogP contribution in [0.2, 0.25) is 5.02 Å². The molecule has 1 aromatic carbocycles. The van der Waals surface area contributed by atoms with Crippen LogP contribution in [-0.2, 0) is 10.2 Å². The van der Waals surface area contributed by atoms with Crippen molar-refractivity contribution in [3.05, 3.63) is 28.5 Å². The van der Waals surface area contributed by atoms with Gasteiger partial charge in [0.15, 0.2) is 11.6 Å². The van der Waals surface area contributed by atoms with Gasteiger partial charge in [-0.1, -0.05) is 31.5 Å². The lowest BCUT2D eigenvalue weighted by atomic mass is 9.81. The van der Waals surface area contributed by atoms with Crippen LogP contribution in [0.25, 0.3) is 0 Å². The molecule has 0 saturated heterocycles. The van der Waals surface area contributed by atoms with Crippen molar-refractivity contribution in [2.45, 2.75) is 25.7 Å². The lowest BCUT2D eigenvalue weighted by Gasteiger charge is -2.25. The first-order valence-corrected chi connectivity index (χ1v) is 5.41. The summed E-state index contributed by atoms with van der Waals surface area (Å²) >= 11 is 5.65. The Labute approximate surface area is 104 Å². The Morgan fingerprint density at radius 1 is 1.53 bits per heavy atom. The van der Waals surface area contributed by atoms with Crippen LogP contribution in [0, 0.1) is 5.82 Å². The molecular formula is C12H14ClFO3. The third kappa shape index (κ3) is 2.88. The summed E-state index contributed by atoms with van der Waals surface area (Å²) in [4.78, 5) is 10.8. The standard InChI is InChI=1S/C12H14ClFO3/c1-12(2,6-9(15)16)7-4-5-8(13)10(14)11(7)17-3/h4-5H,6H2,1-3H3,(H,15,16). The summed E-state index contributed by atoms with van der Waals surface area (Å²) in [6.07, 6.45) is -0.121. The van der Waals surface area contributed by atoms with Gasteiger partial charge in [-0.25, -0.2) is 4.39 Å². The highest BCUT2D eigenvalue weighted by atomic mass is 35.5. The van der Waals surface area contributed by atoms with Crippen LogP contribution < -0.4 is 4.74 Å². The fourth-order valence-corrected chi connectivity index (χ4v) is 1.89. The minimum Gasteiger partial charge on any atom is -0.493 e. The number of methoxy groups -OCH3 is 1. The number of halogens is 2. The fourth-order valence-electron chi connectivity index (χ4n) is 1.74. The van der Waals surface area contributed by atoms with Gasteiger partial charge in [0.05, 0.1) is 18.6 Å². The molecule has 0 aliphatic rings. The summed E-state index contributed by atoms with van der Waals surface area (Å²) in [5, 5.41) is 8.79. The first kappa shape index (κ1) is 13.8. The molecule has 0 heterocycles. The largest absolute Gasteiger partial charge is 0.493 e. The average Bonchev–Trinajstić information content (AvgIpc) is 2.19. The molecule has 3 nitrogen and oxygen atoms in total. The van der Waals surface area contributed by atoms with Gasteiger partial charge in [0.1, 0.15) is 0 Å². The van der Waals surface area contributed by atoms with Gasteiger partial charge >= 0.3 is 5.97 Å². The van der Waals surface area contributed by atoms with Gasteiger partial charge < -0.3 is 9.84 Å². The number of carbonyl (C=O) groups is 1. The maximum atomic E-state index is 13.7. The van der Waals surface area contributed by atoms with E-state index in [-0.39, 0.29) is 17.2 Å². The van der Waals surface area contributed by atoms with E-state index in [1.807, 2.05) is 0 Å². The first-order chi connectivity index (χ1) is 7.79. The maximum Gasteiger partial charge on any atom is 0.304 e. The van der Waals surface area contributed by atoms with Crippen molar-refractivity contribution in [1.29, 1.82) is 0 Å². The number of rotatable bonds is 4. The first-order valence-electron chi connectivity index (χ1n) is 5.04. The van der Waals surface area contributed by atoms with E-state index in [4.69, 9.17) is 21.4 Å². The fraction of sp³-hybridized carbons (Fsp3) is 0.417. The second kappa shape index (κ2) is 4.92. The van der Waals surface area contributed by atoms with Crippen LogP contribution in [0.4, 0.5) is 4.39 Å². The molecule has 0 aliphatic heterocycles. The molecule has 17 heavy (non-hydrogen) atoms. The maximum absolute atomic E-state index is 13.7. The molecule has 0 spiro atoms. The SMILES string of the molecule is COc1c(C(C)(C)CC(=O)O)ccc(Cl)c1F. The number of carboxylic acid groups (broad SMARTS) is 1. The number of hydrogen-bond acceptors (Lipinski definition) is 2. The summed E-state index contributed by atoms with van der Waals surface area (Å²) in [6.45, 7) is 3.43. The van der Waals surface area contributed by atoms with Gasteiger partial charge in [-0.05, 0) is 6.07 Å². The second-order valence-electron chi connectivity index (χ2n) is 4.40. The second-order valence-corrected chi connectivity index (χ2v) is 4.80. The molecule has 0 saturated carbocycles. The Kier molecular flexibility index (Phi) is 3.98. The van der Waals surface area contributed by atoms with Gasteiger partial charge in [0.25, 0.3) is 0 Å². The summed E-state index contributed by atoms with van der Waals surface area (Å²) in [5.74, 6) is -1.61. The van der Waals surface area contributed by atoms with Gasteiger partial charge in [0.2, 0.25) is 0 Å². The Morgan fingerprint density at radius 2 is 2.12 bits per heavy atom. The molecule has 1 N–H and O–H groups in total. The van der Waals surface area contributed by atoms with E-state index < -0.39 is 17.2 Å². The van der Waals surface area contributed by atoms with Crippen LogP contribution in [-0.4, -0.2) is 18.2 Å². The predicted octanol–water partition coefficient (Wildman–Crippen LogP) is 3.24. The number of carboxylic acids is 1. The highest BCUT2D eigenvalue weighted by Gasteiger charge is 2.29. The average molecular weight is 261 g/mol. The molecule has 0 fully saturated rings. The molecule has 1 rings (SSSR count). The van der Waals surface area contributed by atoms with Crippen LogP contribution in [0.5, 0.6) is 5.75 Å². The van der Waals surface area contributed by atoms with E-state index in [9.17, 15) is 9.18 Å². The van der Waals surface area contributed by atoms with Crippen molar-refractivity contribution < 1.29 is 19.0 Å². The molecular weight excluding hydrogens is 247 g/mol. The van der Waals surface area contributed by atoms with Crippen molar-refractivity contribution in [3.63, 3.8) is 0 Å². The molecule has 0 amide bonds. The van der Waals surface area contributed by atoms with E-state index in [1.54, 1.807) is 19.9 Å². The van der Waals surface area contributed by atoms with Crippen molar-refractivity contribution in [3.8, 4) is 5.75 Å². The summed E-state index contributed by atoms with van der Waals surface area (Å²) in [5.41, 5.74) is -0.243. The van der Waals surface area contributed by atoms with Crippen molar-refractivity contribution in [2.24, 2.45) is 0 Å². The minimum absolute atomic E-state index is 0.00347. The van der Waals surface area contributed by atoms with Gasteiger partial charge in [-0.15, -0.1) is 0 Å². The molecule has 0 unspecified atom stereocenters. The third-order valence-electron chi connectivity index (χ3n) is 2.58. The lowest BCUT2D eigenvalue weighted by molar-refractivity contribution is -0.138. The van der Waals surface area contributed by atoms with E-state index in [0.717, 1.165) is 0 Å². The summed E-state index contributed by atoms with van der Waals surface area (Å²) in [7, 11) is 1.33. The van der Waals surface area contributed by atoms with Crippen LogP contribution in [0.3, 0.4) is 0 Å². The van der Waals surface area contributed by atoms with Gasteiger partial charge in [0, 0.05) is 11.0 Å². The van der Waals surface area contributed by atoms with Crippen LogP contribution in [0.1, 0.15) is 25.8 Å².